The molecule has 2 aromatic rings. The van der Waals surface area contributed by atoms with Gasteiger partial charge < -0.3 is 5.32 Å². The first kappa shape index (κ1) is 16.0. The van der Waals surface area contributed by atoms with E-state index in [2.05, 4.69) is 45.3 Å². The molecule has 1 saturated heterocycles. The number of nitrogens with one attached hydrogen (secondary N) is 1. The van der Waals surface area contributed by atoms with E-state index in [0.717, 1.165) is 22.1 Å². The number of benzene rings is 2. The minimum absolute atomic E-state index is 0.112. The Labute approximate surface area is 148 Å². The van der Waals surface area contributed by atoms with Crippen LogP contribution in [-0.2, 0) is 11.2 Å². The molecule has 1 heterocycles. The van der Waals surface area contributed by atoms with Crippen LogP contribution in [0.1, 0.15) is 18.1 Å². The van der Waals surface area contributed by atoms with Gasteiger partial charge >= 0.3 is 0 Å². The normalized spacial score (nSPS) is 17.7. The third kappa shape index (κ3) is 4.12. The van der Waals surface area contributed by atoms with Gasteiger partial charge in [0.05, 0.1) is 10.6 Å². The summed E-state index contributed by atoms with van der Waals surface area (Å²) in [4.78, 5) is 17.2. The zero-order valence-corrected chi connectivity index (χ0v) is 14.9. The number of aryl methyl sites for hydroxylation is 1. The van der Waals surface area contributed by atoms with Gasteiger partial charge in [0.15, 0.2) is 5.17 Å². The van der Waals surface area contributed by atoms with E-state index < -0.39 is 0 Å². The molecule has 0 unspecified atom stereocenters. The average Bonchev–Trinajstić information content (AvgIpc) is 2.87. The molecule has 0 spiro atoms. The first-order valence-corrected chi connectivity index (χ1v) is 8.89. The van der Waals surface area contributed by atoms with Crippen molar-refractivity contribution in [3.63, 3.8) is 0 Å². The van der Waals surface area contributed by atoms with Crippen LogP contribution in [0.4, 0.5) is 5.69 Å². The Morgan fingerprint density at radius 3 is 2.70 bits per heavy atom. The fourth-order valence-corrected chi connectivity index (χ4v) is 3.41. The summed E-state index contributed by atoms with van der Waals surface area (Å²) < 4.78 is 0.986. The van der Waals surface area contributed by atoms with Crippen LogP contribution in [-0.4, -0.2) is 11.1 Å². The number of carbonyl (C=O) groups is 1. The summed E-state index contributed by atoms with van der Waals surface area (Å²) >= 11 is 4.79. The van der Waals surface area contributed by atoms with Crippen molar-refractivity contribution in [2.45, 2.75) is 13.3 Å². The molecule has 116 valence electrons. The van der Waals surface area contributed by atoms with Gasteiger partial charge in [0, 0.05) is 4.47 Å². The fourth-order valence-electron chi connectivity index (χ4n) is 2.15. The maximum atomic E-state index is 12.1. The third-order valence-electron chi connectivity index (χ3n) is 3.37. The van der Waals surface area contributed by atoms with Crippen molar-refractivity contribution in [3.05, 3.63) is 69.0 Å². The van der Waals surface area contributed by atoms with Gasteiger partial charge in [-0.3, -0.25) is 4.79 Å². The molecule has 0 radical (unpaired) electrons. The standard InChI is InChI=1S/C18H15BrN2OS/c1-2-12-6-8-15(9-7-12)20-18-21-17(22)16(23-18)11-13-4-3-5-14(19)10-13/h3-11H,2H2,1H3,(H,20,21,22)/b16-11-. The van der Waals surface area contributed by atoms with E-state index in [1.54, 1.807) is 0 Å². The van der Waals surface area contributed by atoms with Crippen LogP contribution in [0.2, 0.25) is 0 Å². The molecule has 0 atom stereocenters. The van der Waals surface area contributed by atoms with E-state index in [1.807, 2.05) is 42.5 Å². The van der Waals surface area contributed by atoms with E-state index in [9.17, 15) is 4.79 Å². The number of halogens is 1. The van der Waals surface area contributed by atoms with E-state index >= 15 is 0 Å². The smallest absolute Gasteiger partial charge is 0.264 e. The third-order valence-corrected chi connectivity index (χ3v) is 4.78. The van der Waals surface area contributed by atoms with E-state index in [-0.39, 0.29) is 5.91 Å². The molecular formula is C18H15BrN2OS. The molecular weight excluding hydrogens is 372 g/mol. The van der Waals surface area contributed by atoms with Crippen molar-refractivity contribution in [1.82, 2.24) is 5.32 Å². The molecule has 1 aliphatic heterocycles. The summed E-state index contributed by atoms with van der Waals surface area (Å²) in [6.45, 7) is 2.12. The van der Waals surface area contributed by atoms with Crippen LogP contribution < -0.4 is 5.32 Å². The number of carbonyl (C=O) groups excluding carboxylic acids is 1. The van der Waals surface area contributed by atoms with Gasteiger partial charge in [-0.2, -0.15) is 0 Å². The summed E-state index contributed by atoms with van der Waals surface area (Å²) in [6, 6.07) is 15.9. The second kappa shape index (κ2) is 7.15. The lowest BCUT2D eigenvalue weighted by Gasteiger charge is -1.98. The van der Waals surface area contributed by atoms with Gasteiger partial charge in [0.25, 0.3) is 5.91 Å². The van der Waals surface area contributed by atoms with Gasteiger partial charge in [-0.05, 0) is 59.7 Å². The minimum atomic E-state index is -0.112. The number of amidine groups is 1. The molecule has 1 amide bonds. The highest BCUT2D eigenvalue weighted by atomic mass is 79.9. The van der Waals surface area contributed by atoms with Crippen molar-refractivity contribution < 1.29 is 4.79 Å². The van der Waals surface area contributed by atoms with Crippen molar-refractivity contribution >= 4 is 50.5 Å². The Kier molecular flexibility index (Phi) is 4.98. The molecule has 1 fully saturated rings. The number of amides is 1. The summed E-state index contributed by atoms with van der Waals surface area (Å²) in [5.41, 5.74) is 3.09. The highest BCUT2D eigenvalue weighted by molar-refractivity contribution is 9.10. The van der Waals surface area contributed by atoms with Crippen molar-refractivity contribution in [3.8, 4) is 0 Å². The van der Waals surface area contributed by atoms with Crippen molar-refractivity contribution in [1.29, 1.82) is 0 Å². The quantitative estimate of drug-likeness (QED) is 0.761. The van der Waals surface area contributed by atoms with Crippen LogP contribution in [0.15, 0.2) is 62.9 Å². The van der Waals surface area contributed by atoms with Gasteiger partial charge in [0.2, 0.25) is 0 Å². The van der Waals surface area contributed by atoms with Crippen molar-refractivity contribution in [2.75, 3.05) is 0 Å². The molecule has 0 saturated carbocycles. The fraction of sp³-hybridized carbons (Fsp3) is 0.111. The molecule has 5 heteroatoms. The van der Waals surface area contributed by atoms with Crippen LogP contribution in [0.5, 0.6) is 0 Å². The Morgan fingerprint density at radius 1 is 1.22 bits per heavy atom. The first-order valence-electron chi connectivity index (χ1n) is 7.28. The zero-order valence-electron chi connectivity index (χ0n) is 12.5. The highest BCUT2D eigenvalue weighted by Crippen LogP contribution is 2.28. The molecule has 3 nitrogen and oxygen atoms in total. The molecule has 1 aliphatic rings. The van der Waals surface area contributed by atoms with E-state index in [4.69, 9.17) is 0 Å². The number of nitrogens with zero attached hydrogens (tertiary/aromatic N) is 1. The molecule has 2 aromatic carbocycles. The Balaban J connectivity index is 1.80. The number of thioether (sulfide) groups is 1. The predicted octanol–water partition coefficient (Wildman–Crippen LogP) is 4.90. The average molecular weight is 387 g/mol. The zero-order chi connectivity index (χ0) is 16.2. The van der Waals surface area contributed by atoms with E-state index in [0.29, 0.717) is 10.1 Å². The molecule has 0 aromatic heterocycles. The lowest BCUT2D eigenvalue weighted by atomic mass is 10.2. The van der Waals surface area contributed by atoms with Crippen LogP contribution in [0, 0.1) is 0 Å². The van der Waals surface area contributed by atoms with Crippen LogP contribution >= 0.6 is 27.7 Å². The maximum Gasteiger partial charge on any atom is 0.264 e. The van der Waals surface area contributed by atoms with Gasteiger partial charge in [0.1, 0.15) is 0 Å². The Morgan fingerprint density at radius 2 is 2.00 bits per heavy atom. The van der Waals surface area contributed by atoms with Crippen molar-refractivity contribution in [2.24, 2.45) is 4.99 Å². The summed E-state index contributed by atoms with van der Waals surface area (Å²) in [6.07, 6.45) is 2.87. The Hall–Kier alpha value is -1.85. The second-order valence-electron chi connectivity index (χ2n) is 5.06. The lowest BCUT2D eigenvalue weighted by molar-refractivity contribution is -0.115. The summed E-state index contributed by atoms with van der Waals surface area (Å²) in [5, 5.41) is 3.42. The first-order chi connectivity index (χ1) is 11.1. The summed E-state index contributed by atoms with van der Waals surface area (Å²) in [5.74, 6) is -0.112. The molecule has 23 heavy (non-hydrogen) atoms. The van der Waals surface area contributed by atoms with E-state index in [1.165, 1.54) is 17.3 Å². The molecule has 0 aliphatic carbocycles. The number of rotatable bonds is 3. The van der Waals surface area contributed by atoms with Gasteiger partial charge in [-0.1, -0.05) is 47.1 Å². The lowest BCUT2D eigenvalue weighted by Crippen LogP contribution is -2.19. The summed E-state index contributed by atoms with van der Waals surface area (Å²) in [7, 11) is 0. The molecule has 1 N–H and O–H groups in total. The highest BCUT2D eigenvalue weighted by Gasteiger charge is 2.23. The predicted molar refractivity (Wildman–Crippen MR) is 101 cm³/mol. The number of hydrogen-bond acceptors (Lipinski definition) is 3. The Bertz CT molecular complexity index is 797. The SMILES string of the molecule is CCc1ccc(N=C2NC(=O)/C(=C/c3cccc(Br)c3)S2)cc1. The molecule has 0 bridgehead atoms. The molecule has 3 rings (SSSR count). The number of aliphatic imine (C=N–C) groups is 1. The maximum absolute atomic E-state index is 12.1. The second-order valence-corrected chi connectivity index (χ2v) is 7.00. The monoisotopic (exact) mass is 386 g/mol. The largest absolute Gasteiger partial charge is 0.300 e. The van der Waals surface area contributed by atoms with Gasteiger partial charge in [-0.25, -0.2) is 4.99 Å². The van der Waals surface area contributed by atoms with Crippen LogP contribution in [0.3, 0.4) is 0 Å². The van der Waals surface area contributed by atoms with Crippen LogP contribution in [0.25, 0.3) is 6.08 Å². The number of hydrogen-bond donors (Lipinski definition) is 1. The minimum Gasteiger partial charge on any atom is -0.300 e. The van der Waals surface area contributed by atoms with Gasteiger partial charge in [-0.15, -0.1) is 0 Å². The topological polar surface area (TPSA) is 41.5 Å².